The van der Waals surface area contributed by atoms with E-state index in [-0.39, 0.29) is 115 Å². The molecule has 4 atom stereocenters. The van der Waals surface area contributed by atoms with Gasteiger partial charge >= 0.3 is 17.9 Å². The van der Waals surface area contributed by atoms with Gasteiger partial charge in [0.05, 0.1) is 83.4 Å². The van der Waals surface area contributed by atoms with Gasteiger partial charge in [-0.15, -0.1) is 0 Å². The number of carbonyl (C=O) groups excluding carboxylic acids is 8. The van der Waals surface area contributed by atoms with Crippen LogP contribution in [0.15, 0.2) is 0 Å². The van der Waals surface area contributed by atoms with E-state index in [1.54, 1.807) is 41.5 Å². The van der Waals surface area contributed by atoms with Crippen molar-refractivity contribution < 1.29 is 76.3 Å². The standard InChI is InChI=1S/C45H71Br3N4O16/c1-39(2,46)36(58)66-42(7,8)33(55)49-23-45(24-50-34(56)43(9,10)67-37(59)40(3,4)47,25-51-35(57)44(11,12)68-38(60)41(5,6)48)26-64-22-21-63-20-19-62-18-17-61-16-15-52-31(53)29-27-13-14-28(65-27)30(29)32(52)54/h27-30H,13-26H2,1-12H3,(H,49,55)(H,50,56)(H,51,57). The maximum Gasteiger partial charge on any atom is 0.323 e. The lowest BCUT2D eigenvalue weighted by Crippen LogP contribution is -2.60. The zero-order valence-electron chi connectivity index (χ0n) is 41.3. The molecule has 3 rings (SSSR count). The highest BCUT2D eigenvalue weighted by Crippen LogP contribution is 2.48. The summed E-state index contributed by atoms with van der Waals surface area (Å²) in [5.74, 6) is -5.33. The normalized spacial score (nSPS) is 20.0. The molecular weight excluding hydrogens is 1090 g/mol. The Morgan fingerprint density at radius 1 is 0.515 bits per heavy atom. The monoisotopic (exact) mass is 1160 g/mol. The van der Waals surface area contributed by atoms with E-state index in [1.807, 2.05) is 0 Å². The minimum atomic E-state index is -1.68. The van der Waals surface area contributed by atoms with Gasteiger partial charge in [-0.05, 0) is 95.9 Å². The van der Waals surface area contributed by atoms with E-state index < -0.39 is 70.8 Å². The molecule has 20 nitrogen and oxygen atoms in total. The molecule has 2 bridgehead atoms. The zero-order chi connectivity index (χ0) is 51.7. The maximum absolute atomic E-state index is 13.7. The number of fused-ring (bicyclic) bond motifs is 5. The van der Waals surface area contributed by atoms with Crippen molar-refractivity contribution in [3.05, 3.63) is 0 Å². The first-order valence-corrected chi connectivity index (χ1v) is 25.0. The van der Waals surface area contributed by atoms with E-state index in [0.29, 0.717) is 0 Å². The van der Waals surface area contributed by atoms with Crippen LogP contribution in [0.3, 0.4) is 0 Å². The first-order valence-electron chi connectivity index (χ1n) is 22.6. The molecule has 3 aliphatic rings. The van der Waals surface area contributed by atoms with Crippen molar-refractivity contribution >= 4 is 95.2 Å². The lowest BCUT2D eigenvalue weighted by Gasteiger charge is -2.37. The second-order valence-electron chi connectivity index (χ2n) is 20.2. The molecule has 23 heteroatoms. The molecule has 0 saturated carbocycles. The van der Waals surface area contributed by atoms with Crippen molar-refractivity contribution in [3.8, 4) is 0 Å². The molecule has 3 heterocycles. The van der Waals surface area contributed by atoms with Crippen LogP contribution in [0, 0.1) is 17.3 Å². The average Bonchev–Trinajstić information content (AvgIpc) is 3.91. The number of rotatable bonds is 29. The van der Waals surface area contributed by atoms with E-state index in [2.05, 4.69) is 63.7 Å². The van der Waals surface area contributed by atoms with E-state index in [9.17, 15) is 38.4 Å². The predicted octanol–water partition coefficient (Wildman–Crippen LogP) is 3.04. The molecular formula is C45H71Br3N4O16. The molecule has 68 heavy (non-hydrogen) atoms. The van der Waals surface area contributed by atoms with Crippen molar-refractivity contribution in [2.24, 2.45) is 17.3 Å². The largest absolute Gasteiger partial charge is 0.449 e. The smallest absolute Gasteiger partial charge is 0.323 e. The van der Waals surface area contributed by atoms with Gasteiger partial charge in [0.25, 0.3) is 17.7 Å². The summed E-state index contributed by atoms with van der Waals surface area (Å²) in [6.45, 7) is 18.2. The lowest BCUT2D eigenvalue weighted by molar-refractivity contribution is -0.167. The van der Waals surface area contributed by atoms with Gasteiger partial charge in [-0.1, -0.05) is 47.8 Å². The van der Waals surface area contributed by atoms with Gasteiger partial charge in [-0.3, -0.25) is 43.3 Å². The number of amides is 5. The average molecular weight is 1160 g/mol. The Labute approximate surface area is 424 Å². The van der Waals surface area contributed by atoms with Crippen LogP contribution in [0.5, 0.6) is 0 Å². The number of imide groups is 1. The van der Waals surface area contributed by atoms with Crippen LogP contribution in [-0.4, -0.2) is 173 Å². The number of nitrogens with one attached hydrogen (secondary N) is 3. The summed E-state index contributed by atoms with van der Waals surface area (Å²) in [5.41, 5.74) is -6.39. The summed E-state index contributed by atoms with van der Waals surface area (Å²) in [5, 5.41) is 8.35. The van der Waals surface area contributed by atoms with Gasteiger partial charge in [-0.25, -0.2) is 0 Å². The summed E-state index contributed by atoms with van der Waals surface area (Å²) >= 11 is 9.74. The topological polar surface area (TPSA) is 250 Å². The highest BCUT2D eigenvalue weighted by molar-refractivity contribution is 9.10. The molecule has 3 aliphatic heterocycles. The number of alkyl halides is 3. The van der Waals surface area contributed by atoms with Crippen molar-refractivity contribution in [1.29, 1.82) is 0 Å². The lowest BCUT2D eigenvalue weighted by atomic mass is 9.81. The van der Waals surface area contributed by atoms with E-state index in [4.69, 9.17) is 37.9 Å². The molecule has 0 radical (unpaired) electrons. The van der Waals surface area contributed by atoms with Crippen LogP contribution in [0.1, 0.15) is 95.9 Å². The fourth-order valence-corrected chi connectivity index (χ4v) is 7.32. The molecule has 0 aromatic carbocycles. The molecule has 3 fully saturated rings. The Morgan fingerprint density at radius 2 is 0.809 bits per heavy atom. The van der Waals surface area contributed by atoms with Gasteiger partial charge in [0.1, 0.15) is 13.0 Å². The minimum absolute atomic E-state index is 0.0142. The Bertz CT molecular complexity index is 1680. The Balaban J connectivity index is 1.65. The molecule has 4 unspecified atom stereocenters. The predicted molar refractivity (Wildman–Crippen MR) is 256 cm³/mol. The maximum atomic E-state index is 13.7. The van der Waals surface area contributed by atoms with Crippen molar-refractivity contribution in [3.63, 3.8) is 0 Å². The molecule has 5 amide bonds. The first kappa shape index (κ1) is 59.5. The molecule has 0 aromatic rings. The van der Waals surface area contributed by atoms with Crippen LogP contribution in [-0.2, 0) is 76.3 Å². The van der Waals surface area contributed by atoms with Crippen molar-refractivity contribution in [1.82, 2.24) is 20.9 Å². The number of hydrogen-bond acceptors (Lipinski definition) is 16. The van der Waals surface area contributed by atoms with Gasteiger partial charge in [0.2, 0.25) is 11.8 Å². The van der Waals surface area contributed by atoms with Crippen LogP contribution in [0.2, 0.25) is 0 Å². The Kier molecular flexibility index (Phi) is 21.1. The van der Waals surface area contributed by atoms with Crippen LogP contribution in [0.25, 0.3) is 0 Å². The summed E-state index contributed by atoms with van der Waals surface area (Å²) < 4.78 is 42.1. The molecule has 3 N–H and O–H groups in total. The molecule has 0 aliphatic carbocycles. The fourth-order valence-electron chi connectivity index (χ4n) is 7.08. The van der Waals surface area contributed by atoms with Gasteiger partial charge in [0, 0.05) is 25.0 Å². The van der Waals surface area contributed by atoms with Crippen molar-refractivity contribution in [2.45, 2.75) is 138 Å². The fraction of sp³-hybridized carbons (Fsp3) is 0.822. The summed E-state index contributed by atoms with van der Waals surface area (Å²) in [4.78, 5) is 106. The second-order valence-corrected chi connectivity index (χ2v) is 26.2. The third kappa shape index (κ3) is 16.9. The van der Waals surface area contributed by atoms with Crippen LogP contribution < -0.4 is 16.0 Å². The van der Waals surface area contributed by atoms with E-state index in [1.165, 1.54) is 46.4 Å². The second kappa shape index (κ2) is 24.1. The Hall–Kier alpha value is -2.80. The van der Waals surface area contributed by atoms with E-state index >= 15 is 0 Å². The SMILES string of the molecule is CC(C)(Br)C(=O)OC(C)(C)C(=O)NCC(CNC(=O)C(C)(C)OC(=O)C(C)(C)Br)(CNC(=O)C(C)(C)OC(=O)C(C)(C)Br)COCCOCCOCCOCCN1C(=O)C2C3CCC(O3)C2C1=O. The van der Waals surface area contributed by atoms with Crippen molar-refractivity contribution in [2.75, 3.05) is 79.0 Å². The molecule has 3 saturated heterocycles. The third-order valence-electron chi connectivity index (χ3n) is 11.4. The minimum Gasteiger partial charge on any atom is -0.449 e. The highest BCUT2D eigenvalue weighted by Gasteiger charge is 2.62. The molecule has 388 valence electrons. The quantitative estimate of drug-likeness (QED) is 0.0320. The number of esters is 3. The molecule has 0 aromatic heterocycles. The number of carbonyl (C=O) groups is 8. The van der Waals surface area contributed by atoms with Crippen LogP contribution >= 0.6 is 47.8 Å². The third-order valence-corrected chi connectivity index (χ3v) is 12.3. The van der Waals surface area contributed by atoms with Gasteiger partial charge < -0.3 is 53.8 Å². The molecule has 0 spiro atoms. The van der Waals surface area contributed by atoms with Crippen LogP contribution in [0.4, 0.5) is 0 Å². The number of nitrogens with zero attached hydrogens (tertiary/aromatic N) is 1. The number of halogens is 3. The van der Waals surface area contributed by atoms with E-state index in [0.717, 1.165) is 12.8 Å². The highest BCUT2D eigenvalue weighted by atomic mass is 79.9. The Morgan fingerprint density at radius 3 is 1.12 bits per heavy atom. The zero-order valence-corrected chi connectivity index (χ0v) is 46.1. The van der Waals surface area contributed by atoms with Gasteiger partial charge in [0.15, 0.2) is 16.8 Å². The summed E-state index contributed by atoms with van der Waals surface area (Å²) in [6, 6.07) is 0. The number of ether oxygens (including phenoxy) is 8. The van der Waals surface area contributed by atoms with Gasteiger partial charge in [-0.2, -0.15) is 0 Å². The number of likely N-dealkylation sites (tertiary alicyclic amines) is 1. The summed E-state index contributed by atoms with van der Waals surface area (Å²) in [6.07, 6.45) is 1.28. The number of hydrogen-bond donors (Lipinski definition) is 3. The summed E-state index contributed by atoms with van der Waals surface area (Å²) in [7, 11) is 0. The first-order chi connectivity index (χ1) is 31.1.